The van der Waals surface area contributed by atoms with Crippen molar-refractivity contribution in [2.24, 2.45) is 0 Å². The number of pyridine rings is 1. The van der Waals surface area contributed by atoms with Gasteiger partial charge in [-0.2, -0.15) is 0 Å². The summed E-state index contributed by atoms with van der Waals surface area (Å²) in [5, 5.41) is 0.659. The molecular weight excluding hydrogens is 237 g/mol. The summed E-state index contributed by atoms with van der Waals surface area (Å²) in [5.74, 6) is 0. The van der Waals surface area contributed by atoms with Gasteiger partial charge < -0.3 is 4.55 Å². The number of aryl methyl sites for hydroxylation is 1. The molecule has 6 heteroatoms. The van der Waals surface area contributed by atoms with E-state index < -0.39 is 10.1 Å². The van der Waals surface area contributed by atoms with E-state index >= 15 is 0 Å². The van der Waals surface area contributed by atoms with Gasteiger partial charge in [-0.25, -0.2) is 8.42 Å². The summed E-state index contributed by atoms with van der Waals surface area (Å²) in [7, 11) is -4.45. The minimum atomic E-state index is -4.45. The molecule has 0 radical (unpaired) electrons. The van der Waals surface area contributed by atoms with Crippen LogP contribution < -0.4 is 29.6 Å². The smallest absolute Gasteiger partial charge is 0.744 e. The number of hydrogen-bond acceptors (Lipinski definition) is 4. The molecule has 0 saturated carbocycles. The van der Waals surface area contributed by atoms with Gasteiger partial charge in [0.1, 0.15) is 10.1 Å². The summed E-state index contributed by atoms with van der Waals surface area (Å²) in [6.45, 7) is 1.85. The minimum absolute atomic E-state index is 0. The number of para-hydroxylation sites is 1. The molecule has 1 aromatic carbocycles. The van der Waals surface area contributed by atoms with Crippen LogP contribution in [0.4, 0.5) is 0 Å². The number of benzene rings is 1. The van der Waals surface area contributed by atoms with Crippen molar-refractivity contribution in [3.63, 3.8) is 0 Å². The Morgan fingerprint density at radius 3 is 2.62 bits per heavy atom. The van der Waals surface area contributed by atoms with Crippen molar-refractivity contribution >= 4 is 21.0 Å². The third kappa shape index (κ3) is 2.61. The molecule has 0 aliphatic heterocycles. The molecule has 0 bridgehead atoms. The van der Waals surface area contributed by atoms with Crippen LogP contribution in [0.1, 0.15) is 5.56 Å². The molecule has 0 N–H and O–H groups in total. The Kier molecular flexibility index (Phi) is 4.09. The van der Waals surface area contributed by atoms with Crippen LogP contribution in [0.2, 0.25) is 0 Å². The van der Waals surface area contributed by atoms with Crippen LogP contribution in [0.5, 0.6) is 0 Å². The number of rotatable bonds is 1. The van der Waals surface area contributed by atoms with Gasteiger partial charge in [-0.3, -0.25) is 4.98 Å². The predicted octanol–water partition coefficient (Wildman–Crippen LogP) is -1.55. The van der Waals surface area contributed by atoms with Crippen molar-refractivity contribution in [1.82, 2.24) is 4.98 Å². The van der Waals surface area contributed by atoms with Crippen LogP contribution in [0.3, 0.4) is 0 Å². The molecule has 0 amide bonds. The molecule has 78 valence electrons. The summed E-state index contributed by atoms with van der Waals surface area (Å²) >= 11 is 0. The molecule has 0 fully saturated rings. The molecule has 0 saturated heterocycles. The quantitative estimate of drug-likeness (QED) is 0.450. The van der Waals surface area contributed by atoms with Crippen molar-refractivity contribution in [2.45, 2.75) is 11.8 Å². The van der Waals surface area contributed by atoms with E-state index in [0.717, 1.165) is 5.56 Å². The van der Waals surface area contributed by atoms with Crippen LogP contribution in [0, 0.1) is 6.92 Å². The first-order valence-electron chi connectivity index (χ1n) is 4.30. The Hall–Kier alpha value is -0.460. The minimum Gasteiger partial charge on any atom is -0.744 e. The van der Waals surface area contributed by atoms with Gasteiger partial charge in [-0.15, -0.1) is 0 Å². The van der Waals surface area contributed by atoms with E-state index in [-0.39, 0.29) is 40.0 Å². The molecule has 16 heavy (non-hydrogen) atoms. The molecule has 0 aliphatic rings. The largest absolute Gasteiger partial charge is 1.00 e. The van der Waals surface area contributed by atoms with E-state index in [2.05, 4.69) is 4.98 Å². The van der Waals surface area contributed by atoms with Gasteiger partial charge in [0.25, 0.3) is 0 Å². The normalized spacial score (nSPS) is 11.1. The Morgan fingerprint density at radius 1 is 1.31 bits per heavy atom. The molecule has 1 heterocycles. The van der Waals surface area contributed by atoms with Crippen LogP contribution in [-0.2, 0) is 10.1 Å². The first-order chi connectivity index (χ1) is 6.98. The second-order valence-corrected chi connectivity index (χ2v) is 4.64. The van der Waals surface area contributed by atoms with Gasteiger partial charge in [0.2, 0.25) is 0 Å². The Balaban J connectivity index is 0.00000128. The summed E-state index contributed by atoms with van der Waals surface area (Å²) in [4.78, 5) is 3.70. The van der Waals surface area contributed by atoms with Crippen molar-refractivity contribution in [3.8, 4) is 0 Å². The second-order valence-electron chi connectivity index (χ2n) is 3.29. The van der Waals surface area contributed by atoms with Crippen LogP contribution >= 0.6 is 0 Å². The van der Waals surface area contributed by atoms with Crippen LogP contribution in [0.15, 0.2) is 35.4 Å². The maximum Gasteiger partial charge on any atom is 1.00 e. The second kappa shape index (κ2) is 4.81. The molecular formula is C10H8NNaO3S. The van der Waals surface area contributed by atoms with Crippen LogP contribution in [-0.4, -0.2) is 18.0 Å². The first kappa shape index (κ1) is 13.6. The first-order valence-corrected chi connectivity index (χ1v) is 5.70. The number of nitrogens with zero attached hydrogens (tertiary/aromatic N) is 1. The van der Waals surface area contributed by atoms with E-state index in [9.17, 15) is 13.0 Å². The Labute approximate surface area is 116 Å². The van der Waals surface area contributed by atoms with Crippen molar-refractivity contribution in [1.29, 1.82) is 0 Å². The van der Waals surface area contributed by atoms with Gasteiger partial charge in [0.15, 0.2) is 0 Å². The van der Waals surface area contributed by atoms with E-state index in [1.807, 2.05) is 6.92 Å². The average Bonchev–Trinajstić information content (AvgIpc) is 2.15. The maximum absolute atomic E-state index is 10.9. The Morgan fingerprint density at radius 2 is 2.00 bits per heavy atom. The van der Waals surface area contributed by atoms with Gasteiger partial charge in [0, 0.05) is 11.6 Å². The summed E-state index contributed by atoms with van der Waals surface area (Å²) in [6.07, 6.45) is 1.54. The monoisotopic (exact) mass is 245 g/mol. The van der Waals surface area contributed by atoms with Crippen molar-refractivity contribution in [3.05, 3.63) is 36.0 Å². The van der Waals surface area contributed by atoms with Crippen LogP contribution in [0.25, 0.3) is 10.9 Å². The van der Waals surface area contributed by atoms with E-state index in [4.69, 9.17) is 0 Å². The fourth-order valence-corrected chi connectivity index (χ4v) is 2.10. The van der Waals surface area contributed by atoms with Gasteiger partial charge in [-0.05, 0) is 24.6 Å². The number of aromatic nitrogens is 1. The predicted molar refractivity (Wildman–Crippen MR) is 54.4 cm³/mol. The fraction of sp³-hybridized carbons (Fsp3) is 0.100. The summed E-state index contributed by atoms with van der Waals surface area (Å²) in [6, 6.07) is 6.32. The molecule has 2 aromatic rings. The standard InChI is InChI=1S/C10H9NO3S.Na/c1-7-5-8-3-2-4-9(15(12,13)14)10(8)11-6-7;/h2-6H,1H3,(H,12,13,14);/q;+1/p-1. The molecule has 0 aliphatic carbocycles. The van der Waals surface area contributed by atoms with Gasteiger partial charge >= 0.3 is 29.6 Å². The number of hydrogen-bond donors (Lipinski definition) is 0. The summed E-state index contributed by atoms with van der Waals surface area (Å²) in [5.41, 5.74) is 1.15. The molecule has 0 atom stereocenters. The number of fused-ring (bicyclic) bond motifs is 1. The Bertz CT molecular complexity index is 625. The average molecular weight is 245 g/mol. The SMILES string of the molecule is Cc1cnc2c(S(=O)(=O)[O-])cccc2c1.[Na+]. The maximum atomic E-state index is 10.9. The molecule has 1 aromatic heterocycles. The third-order valence-corrected chi connectivity index (χ3v) is 2.95. The van der Waals surface area contributed by atoms with E-state index in [1.165, 1.54) is 18.3 Å². The third-order valence-electron chi connectivity index (χ3n) is 2.08. The van der Waals surface area contributed by atoms with E-state index in [0.29, 0.717) is 5.39 Å². The molecule has 4 nitrogen and oxygen atoms in total. The molecule has 0 unspecified atom stereocenters. The van der Waals surface area contributed by atoms with Gasteiger partial charge in [-0.1, -0.05) is 12.1 Å². The molecule has 2 rings (SSSR count). The zero-order chi connectivity index (χ0) is 11.1. The topological polar surface area (TPSA) is 70.1 Å². The molecule has 0 spiro atoms. The van der Waals surface area contributed by atoms with Gasteiger partial charge in [0.05, 0.1) is 10.4 Å². The fourth-order valence-electron chi connectivity index (χ4n) is 1.44. The van der Waals surface area contributed by atoms with Crippen molar-refractivity contribution < 1.29 is 42.5 Å². The zero-order valence-electron chi connectivity index (χ0n) is 8.97. The summed E-state index contributed by atoms with van der Waals surface area (Å²) < 4.78 is 32.8. The van der Waals surface area contributed by atoms with Crippen molar-refractivity contribution in [2.75, 3.05) is 0 Å². The zero-order valence-corrected chi connectivity index (χ0v) is 11.8. The van der Waals surface area contributed by atoms with E-state index in [1.54, 1.807) is 12.1 Å².